The maximum atomic E-state index is 12.6. The predicted molar refractivity (Wildman–Crippen MR) is 220 cm³/mol. The summed E-state index contributed by atoms with van der Waals surface area (Å²) < 4.78 is 30.5. The highest BCUT2D eigenvalue weighted by Crippen LogP contribution is 2.42. The number of H-pyrrole nitrogens is 1. The second kappa shape index (κ2) is 23.9. The Bertz CT molecular complexity index is 1710. The van der Waals surface area contributed by atoms with Gasteiger partial charge in [-0.1, -0.05) is 127 Å². The van der Waals surface area contributed by atoms with Gasteiger partial charge in [-0.25, -0.2) is 4.79 Å². The predicted octanol–water partition coefficient (Wildman–Crippen LogP) is 7.95. The van der Waals surface area contributed by atoms with E-state index in [4.69, 9.17) is 23.7 Å². The van der Waals surface area contributed by atoms with Crippen LogP contribution < -0.4 is 16.0 Å². The second-order valence-corrected chi connectivity index (χ2v) is 15.2. The standard InChI is InChI=1S/C32H34N2O8.C4H10S.C4H10.C3H8/c1-21-9-11-23(12-10-21)32(22-7-5-4-6-8-22,24-13-15-25(39-3)16-14-24)41-19-26-28(36)29(40-20-38-2)30(42-26)34-18-17-27(35)33-31(34)37;1-4(2)5-3;1-4(2)3;1-3-2/h4-18,26,28-30,36H,19-20H2,1-3H3,(H,33,35,37);4H,1-3H3;4H,1-3H3;3H2,1-2H3. The van der Waals surface area contributed by atoms with E-state index in [1.807, 2.05) is 97.5 Å². The highest BCUT2D eigenvalue weighted by molar-refractivity contribution is 7.99. The quantitative estimate of drug-likeness (QED) is 0.109. The zero-order chi connectivity index (χ0) is 40.3. The van der Waals surface area contributed by atoms with Crippen molar-refractivity contribution in [3.63, 3.8) is 0 Å². The van der Waals surface area contributed by atoms with Gasteiger partial charge < -0.3 is 28.8 Å². The molecule has 11 heteroatoms. The monoisotopic (exact) mass is 766 g/mol. The van der Waals surface area contributed by atoms with E-state index in [9.17, 15) is 14.7 Å². The van der Waals surface area contributed by atoms with Crippen LogP contribution in [-0.2, 0) is 24.5 Å². The lowest BCUT2D eigenvalue weighted by Gasteiger charge is -2.37. The van der Waals surface area contributed by atoms with Crippen molar-refractivity contribution in [1.29, 1.82) is 0 Å². The number of methoxy groups -OCH3 is 2. The van der Waals surface area contributed by atoms with Crippen molar-refractivity contribution in [3.05, 3.63) is 134 Å². The summed E-state index contributed by atoms with van der Waals surface area (Å²) in [6, 6.07) is 26.7. The number of hydrogen-bond acceptors (Lipinski definition) is 9. The average molecular weight is 767 g/mol. The van der Waals surface area contributed by atoms with Crippen LogP contribution >= 0.6 is 11.8 Å². The SMILES string of the molecule is CC(C)C.CCC.COCOC1C(O)C(COC(c2ccccc2)(c2ccc(C)cc2)c2ccc(OC)cc2)OC1n1ccc(=O)[nH]c1=O.CSC(C)C. The summed E-state index contributed by atoms with van der Waals surface area (Å²) in [6.07, 6.45) is 0.565. The van der Waals surface area contributed by atoms with E-state index in [0.29, 0.717) is 5.75 Å². The second-order valence-electron chi connectivity index (χ2n) is 13.8. The molecule has 54 heavy (non-hydrogen) atoms. The number of aromatic nitrogens is 2. The number of aromatic amines is 1. The summed E-state index contributed by atoms with van der Waals surface area (Å²) in [6.45, 7) is 16.9. The van der Waals surface area contributed by atoms with E-state index >= 15 is 0 Å². The highest BCUT2D eigenvalue weighted by Gasteiger charge is 2.48. The lowest BCUT2D eigenvalue weighted by Crippen LogP contribution is -2.41. The number of hydrogen-bond donors (Lipinski definition) is 2. The summed E-state index contributed by atoms with van der Waals surface area (Å²) >= 11 is 1.88. The Kier molecular flexibility index (Phi) is 20.6. The lowest BCUT2D eigenvalue weighted by atomic mass is 9.79. The van der Waals surface area contributed by atoms with Crippen LogP contribution in [0, 0.1) is 12.8 Å². The number of aliphatic hydroxyl groups excluding tert-OH is 1. The molecule has 5 unspecified atom stereocenters. The Labute approximate surface area is 326 Å². The normalized spacial score (nSPS) is 18.7. The van der Waals surface area contributed by atoms with Gasteiger partial charge in [-0.15, -0.1) is 0 Å². The molecule has 1 aliphatic heterocycles. The first-order valence-electron chi connectivity index (χ1n) is 18.5. The first-order chi connectivity index (χ1) is 25.8. The minimum absolute atomic E-state index is 0.0720. The molecule has 3 aromatic carbocycles. The molecule has 2 heterocycles. The molecule has 1 aromatic heterocycles. The van der Waals surface area contributed by atoms with Crippen LogP contribution in [0.2, 0.25) is 0 Å². The fourth-order valence-corrected chi connectivity index (χ4v) is 5.28. The lowest BCUT2D eigenvalue weighted by molar-refractivity contribution is -0.130. The third-order valence-corrected chi connectivity index (χ3v) is 8.83. The smallest absolute Gasteiger partial charge is 0.330 e. The van der Waals surface area contributed by atoms with Gasteiger partial charge in [0.1, 0.15) is 36.5 Å². The number of nitrogens with zero attached hydrogens (tertiary/aromatic N) is 1. The minimum Gasteiger partial charge on any atom is -0.497 e. The Balaban J connectivity index is 0.000000736. The summed E-state index contributed by atoms with van der Waals surface area (Å²) in [5, 5.41) is 12.2. The van der Waals surface area contributed by atoms with Crippen molar-refractivity contribution in [2.45, 2.75) is 97.2 Å². The number of ether oxygens (including phenoxy) is 5. The van der Waals surface area contributed by atoms with Crippen molar-refractivity contribution < 1.29 is 28.8 Å². The first-order valence-corrected chi connectivity index (χ1v) is 19.8. The number of benzene rings is 3. The van der Waals surface area contributed by atoms with E-state index in [1.54, 1.807) is 7.11 Å². The molecular formula is C43H62N2O8S. The van der Waals surface area contributed by atoms with E-state index in [2.05, 4.69) is 59.7 Å². The highest BCUT2D eigenvalue weighted by atomic mass is 32.2. The molecule has 0 bridgehead atoms. The van der Waals surface area contributed by atoms with Gasteiger partial charge in [0, 0.05) is 19.4 Å². The largest absolute Gasteiger partial charge is 0.497 e. The van der Waals surface area contributed by atoms with E-state index in [-0.39, 0.29) is 13.4 Å². The van der Waals surface area contributed by atoms with Crippen LogP contribution in [0.3, 0.4) is 0 Å². The average Bonchev–Trinajstić information content (AvgIpc) is 3.46. The van der Waals surface area contributed by atoms with Gasteiger partial charge in [-0.05, 0) is 53.2 Å². The Hall–Kier alpha value is -3.71. The van der Waals surface area contributed by atoms with Gasteiger partial charge >= 0.3 is 5.69 Å². The summed E-state index contributed by atoms with van der Waals surface area (Å²) in [5.74, 6) is 1.53. The molecular weight excluding hydrogens is 705 g/mol. The molecule has 4 aromatic rings. The van der Waals surface area contributed by atoms with Crippen LogP contribution in [0.15, 0.2) is 101 Å². The van der Waals surface area contributed by atoms with Crippen LogP contribution in [-0.4, -0.2) is 72.1 Å². The zero-order valence-electron chi connectivity index (χ0n) is 33.9. The van der Waals surface area contributed by atoms with Crippen LogP contribution in [0.5, 0.6) is 5.75 Å². The van der Waals surface area contributed by atoms with E-state index < -0.39 is 41.4 Å². The maximum Gasteiger partial charge on any atom is 0.330 e. The van der Waals surface area contributed by atoms with Gasteiger partial charge in [0.05, 0.1) is 13.7 Å². The molecule has 1 saturated heterocycles. The topological polar surface area (TPSA) is 121 Å². The molecule has 0 amide bonds. The van der Waals surface area contributed by atoms with Crippen molar-refractivity contribution >= 4 is 11.8 Å². The first kappa shape index (κ1) is 46.4. The maximum absolute atomic E-state index is 12.6. The van der Waals surface area contributed by atoms with Gasteiger partial charge in [0.25, 0.3) is 5.56 Å². The minimum atomic E-state index is -1.19. The fourth-order valence-electron chi connectivity index (χ4n) is 5.28. The molecule has 0 spiro atoms. The van der Waals surface area contributed by atoms with Gasteiger partial charge in [0.15, 0.2) is 6.23 Å². The zero-order valence-corrected chi connectivity index (χ0v) is 34.7. The molecule has 0 aliphatic carbocycles. The third kappa shape index (κ3) is 13.5. The van der Waals surface area contributed by atoms with Gasteiger partial charge in [0.2, 0.25) is 0 Å². The molecule has 0 radical (unpaired) electrons. The van der Waals surface area contributed by atoms with Crippen LogP contribution in [0.4, 0.5) is 0 Å². The molecule has 10 nitrogen and oxygen atoms in total. The molecule has 0 saturated carbocycles. The number of thioether (sulfide) groups is 1. The molecule has 2 N–H and O–H groups in total. The van der Waals surface area contributed by atoms with Crippen molar-refractivity contribution in [2.75, 3.05) is 33.9 Å². The van der Waals surface area contributed by atoms with Crippen molar-refractivity contribution in [2.24, 2.45) is 5.92 Å². The molecule has 5 atom stereocenters. The summed E-state index contributed by atoms with van der Waals surface area (Å²) in [5.41, 5.74) is 1.34. The molecule has 1 aliphatic rings. The number of aliphatic hydroxyl groups is 1. The van der Waals surface area contributed by atoms with Crippen molar-refractivity contribution in [3.8, 4) is 5.75 Å². The van der Waals surface area contributed by atoms with E-state index in [1.165, 1.54) is 30.4 Å². The van der Waals surface area contributed by atoms with Gasteiger partial charge in [-0.3, -0.25) is 14.3 Å². The Morgan fingerprint density at radius 3 is 1.87 bits per heavy atom. The molecule has 1 fully saturated rings. The number of nitrogens with one attached hydrogen (secondary N) is 1. The summed E-state index contributed by atoms with van der Waals surface area (Å²) in [7, 11) is 3.07. The Morgan fingerprint density at radius 1 is 0.870 bits per heavy atom. The third-order valence-electron chi connectivity index (χ3n) is 7.89. The number of rotatable bonds is 12. The molecule has 298 valence electrons. The Morgan fingerprint density at radius 2 is 1.39 bits per heavy atom. The fraction of sp³-hybridized carbons (Fsp3) is 0.488. The van der Waals surface area contributed by atoms with E-state index in [0.717, 1.165) is 33.4 Å². The van der Waals surface area contributed by atoms with Crippen molar-refractivity contribution in [1.82, 2.24) is 9.55 Å². The van der Waals surface area contributed by atoms with Crippen LogP contribution in [0.25, 0.3) is 0 Å². The molecule has 5 rings (SSSR count). The van der Waals surface area contributed by atoms with Crippen LogP contribution in [0.1, 0.15) is 83.4 Å². The van der Waals surface area contributed by atoms with Gasteiger partial charge in [-0.2, -0.15) is 11.8 Å². The number of aryl methyl sites for hydroxylation is 1. The summed E-state index contributed by atoms with van der Waals surface area (Å²) in [4.78, 5) is 26.5.